The average Bonchev–Trinajstić information content (AvgIpc) is 2.32. The van der Waals surface area contributed by atoms with Crippen molar-refractivity contribution in [1.82, 2.24) is 4.98 Å². The van der Waals surface area contributed by atoms with Gasteiger partial charge in [0.05, 0.1) is 18.8 Å². The van der Waals surface area contributed by atoms with Crippen molar-refractivity contribution in [2.24, 2.45) is 0 Å². The predicted octanol–water partition coefficient (Wildman–Crippen LogP) is 3.15. The van der Waals surface area contributed by atoms with Crippen molar-refractivity contribution in [1.29, 1.82) is 0 Å². The van der Waals surface area contributed by atoms with Crippen LogP contribution in [0.1, 0.15) is 12.0 Å². The Morgan fingerprint density at radius 2 is 2.25 bits per heavy atom. The average molecular weight is 218 g/mol. The van der Waals surface area contributed by atoms with Crippen LogP contribution in [0.3, 0.4) is 0 Å². The molecule has 1 aromatic carbocycles. The Morgan fingerprint density at radius 3 is 2.94 bits per heavy atom. The Labute approximate surface area is 94.1 Å². The molecule has 2 nitrogen and oxygen atoms in total. The molecule has 1 radical (unpaired) electrons. The molecule has 0 amide bonds. The van der Waals surface area contributed by atoms with E-state index < -0.39 is 0 Å². The number of ether oxygens (including phenoxy) is 1. The third kappa shape index (κ3) is 1.85. The van der Waals surface area contributed by atoms with Gasteiger partial charge in [-0.15, -0.1) is 0 Å². The highest BCUT2D eigenvalue weighted by Gasteiger charge is 2.08. The minimum Gasteiger partial charge on any atom is -0.497 e. The molecule has 16 heavy (non-hydrogen) atoms. The number of aromatic nitrogens is 1. The van der Waals surface area contributed by atoms with E-state index >= 15 is 0 Å². The number of methoxy groups -OCH3 is 1. The lowest BCUT2D eigenvalue weighted by molar-refractivity contribution is 0.415. The van der Waals surface area contributed by atoms with Gasteiger partial charge in [0, 0.05) is 5.39 Å². The molecule has 0 saturated carbocycles. The molecule has 1 heterocycles. The molecule has 0 spiro atoms. The summed E-state index contributed by atoms with van der Waals surface area (Å²) in [6.07, 6.45) is 2.53. The van der Waals surface area contributed by atoms with E-state index in [0.717, 1.165) is 10.9 Å². The quantitative estimate of drug-likeness (QED) is 0.789. The molecule has 0 fully saturated rings. The summed E-state index contributed by atoms with van der Waals surface area (Å²) in [5, 5.41) is 0.808. The van der Waals surface area contributed by atoms with Crippen LogP contribution in [0.5, 0.6) is 5.75 Å². The number of hydrogen-bond donors (Lipinski definition) is 0. The predicted molar refractivity (Wildman–Crippen MR) is 61.9 cm³/mol. The highest BCUT2D eigenvalue weighted by molar-refractivity contribution is 5.83. The number of pyridine rings is 1. The summed E-state index contributed by atoms with van der Waals surface area (Å²) in [4.78, 5) is 4.05. The first-order chi connectivity index (χ1) is 7.76. The standard InChI is InChI=1S/C13H13FNO/c1-3-4-10-11-7-9(16-2)5-6-13(11)15-8-12(10)14/h5-8H,1,3-4H2,2H3. The zero-order valence-corrected chi connectivity index (χ0v) is 9.16. The second kappa shape index (κ2) is 4.47. The van der Waals surface area contributed by atoms with Crippen molar-refractivity contribution >= 4 is 10.9 Å². The zero-order chi connectivity index (χ0) is 11.5. The van der Waals surface area contributed by atoms with Crippen molar-refractivity contribution < 1.29 is 9.13 Å². The maximum Gasteiger partial charge on any atom is 0.145 e. The van der Waals surface area contributed by atoms with Crippen LogP contribution < -0.4 is 4.74 Å². The smallest absolute Gasteiger partial charge is 0.145 e. The van der Waals surface area contributed by atoms with E-state index in [2.05, 4.69) is 11.9 Å². The minimum absolute atomic E-state index is 0.274. The van der Waals surface area contributed by atoms with Crippen molar-refractivity contribution in [2.45, 2.75) is 12.8 Å². The number of nitrogens with zero attached hydrogens (tertiary/aromatic N) is 1. The Hall–Kier alpha value is -1.64. The lowest BCUT2D eigenvalue weighted by atomic mass is 10.0. The summed E-state index contributed by atoms with van der Waals surface area (Å²) < 4.78 is 18.7. The molecule has 0 aliphatic carbocycles. The van der Waals surface area contributed by atoms with Crippen LogP contribution in [0, 0.1) is 12.7 Å². The fraction of sp³-hybridized carbons (Fsp3) is 0.231. The normalized spacial score (nSPS) is 10.7. The number of hydrogen-bond acceptors (Lipinski definition) is 2. The van der Waals surface area contributed by atoms with Gasteiger partial charge in [-0.3, -0.25) is 4.98 Å². The van der Waals surface area contributed by atoms with Gasteiger partial charge in [-0.25, -0.2) is 4.39 Å². The van der Waals surface area contributed by atoms with Gasteiger partial charge in [-0.2, -0.15) is 0 Å². The third-order valence-electron chi connectivity index (χ3n) is 2.56. The number of benzene rings is 1. The monoisotopic (exact) mass is 218 g/mol. The molecular weight excluding hydrogens is 205 g/mol. The molecule has 0 bridgehead atoms. The number of aryl methyl sites for hydroxylation is 1. The fourth-order valence-electron chi connectivity index (χ4n) is 1.76. The van der Waals surface area contributed by atoms with Gasteiger partial charge in [0.25, 0.3) is 0 Å². The molecule has 3 heteroatoms. The topological polar surface area (TPSA) is 22.1 Å². The molecule has 0 aliphatic heterocycles. The Morgan fingerprint density at radius 1 is 1.44 bits per heavy atom. The summed E-state index contributed by atoms with van der Waals surface area (Å²) in [6.45, 7) is 3.75. The van der Waals surface area contributed by atoms with Crippen LogP contribution in [0.25, 0.3) is 10.9 Å². The summed E-state index contributed by atoms with van der Waals surface area (Å²) >= 11 is 0. The highest BCUT2D eigenvalue weighted by Crippen LogP contribution is 2.25. The maximum atomic E-state index is 13.6. The molecule has 0 aliphatic rings. The van der Waals surface area contributed by atoms with E-state index in [4.69, 9.17) is 4.74 Å². The molecule has 2 rings (SSSR count). The summed E-state index contributed by atoms with van der Waals surface area (Å²) in [5.74, 6) is 0.439. The maximum absolute atomic E-state index is 13.6. The number of rotatable bonds is 3. The van der Waals surface area contributed by atoms with Crippen LogP contribution in [0.2, 0.25) is 0 Å². The summed E-state index contributed by atoms with van der Waals surface area (Å²) in [5.41, 5.74) is 1.45. The van der Waals surface area contributed by atoms with Crippen molar-refractivity contribution in [3.05, 3.63) is 42.7 Å². The van der Waals surface area contributed by atoms with E-state index in [9.17, 15) is 4.39 Å². The molecule has 2 aromatic rings. The van der Waals surface area contributed by atoms with Gasteiger partial charge in [0.15, 0.2) is 0 Å². The molecule has 0 saturated heterocycles. The van der Waals surface area contributed by atoms with Crippen molar-refractivity contribution in [3.63, 3.8) is 0 Å². The van der Waals surface area contributed by atoms with E-state index in [1.54, 1.807) is 7.11 Å². The van der Waals surface area contributed by atoms with Crippen LogP contribution in [0.15, 0.2) is 24.4 Å². The Bertz CT molecular complexity index is 511. The molecule has 0 unspecified atom stereocenters. The second-order valence-corrected chi connectivity index (χ2v) is 3.57. The van der Waals surface area contributed by atoms with Gasteiger partial charge in [-0.05, 0) is 36.6 Å². The zero-order valence-electron chi connectivity index (χ0n) is 9.16. The third-order valence-corrected chi connectivity index (χ3v) is 2.56. The van der Waals surface area contributed by atoms with E-state index in [-0.39, 0.29) is 5.82 Å². The first-order valence-electron chi connectivity index (χ1n) is 5.16. The van der Waals surface area contributed by atoms with E-state index in [0.29, 0.717) is 24.2 Å². The number of fused-ring (bicyclic) bond motifs is 1. The Balaban J connectivity index is 2.67. The van der Waals surface area contributed by atoms with Crippen LogP contribution in [0.4, 0.5) is 4.39 Å². The van der Waals surface area contributed by atoms with E-state index in [1.807, 2.05) is 18.2 Å². The Kier molecular flexibility index (Phi) is 3.04. The summed E-state index contributed by atoms with van der Waals surface area (Å²) in [7, 11) is 1.59. The lowest BCUT2D eigenvalue weighted by Gasteiger charge is -2.07. The molecular formula is C13H13FNO. The first-order valence-corrected chi connectivity index (χ1v) is 5.16. The second-order valence-electron chi connectivity index (χ2n) is 3.57. The van der Waals surface area contributed by atoms with Gasteiger partial charge in [0.2, 0.25) is 0 Å². The van der Waals surface area contributed by atoms with E-state index in [1.165, 1.54) is 6.20 Å². The van der Waals surface area contributed by atoms with Crippen LogP contribution in [-0.4, -0.2) is 12.1 Å². The first kappa shape index (κ1) is 10.9. The van der Waals surface area contributed by atoms with Crippen LogP contribution >= 0.6 is 0 Å². The van der Waals surface area contributed by atoms with Crippen molar-refractivity contribution in [2.75, 3.05) is 7.11 Å². The van der Waals surface area contributed by atoms with Crippen molar-refractivity contribution in [3.8, 4) is 5.75 Å². The van der Waals surface area contributed by atoms with Gasteiger partial charge >= 0.3 is 0 Å². The highest BCUT2D eigenvalue weighted by atomic mass is 19.1. The molecule has 83 valence electrons. The SMILES string of the molecule is [CH2]CCc1c(F)cnc2ccc(OC)cc12. The van der Waals surface area contributed by atoms with Gasteiger partial charge in [0.1, 0.15) is 11.6 Å². The van der Waals surface area contributed by atoms with Crippen LogP contribution in [-0.2, 0) is 6.42 Å². The summed E-state index contributed by atoms with van der Waals surface area (Å²) in [6, 6.07) is 5.47. The molecule has 0 N–H and O–H groups in total. The largest absolute Gasteiger partial charge is 0.497 e. The molecule has 0 atom stereocenters. The molecule has 1 aromatic heterocycles. The van der Waals surface area contributed by atoms with Gasteiger partial charge in [-0.1, -0.05) is 6.92 Å². The lowest BCUT2D eigenvalue weighted by Crippen LogP contribution is -1.95. The number of halogens is 1. The minimum atomic E-state index is -0.274. The van der Waals surface area contributed by atoms with Gasteiger partial charge < -0.3 is 4.74 Å². The fourth-order valence-corrected chi connectivity index (χ4v) is 1.76.